The highest BCUT2D eigenvalue weighted by Gasteiger charge is 2.01. The molecule has 1 aromatic rings. The monoisotopic (exact) mass is 179 g/mol. The molecule has 0 heterocycles. The second-order valence-electron chi connectivity index (χ2n) is 3.20. The molecule has 0 radical (unpaired) electrons. The van der Waals surface area contributed by atoms with E-state index in [2.05, 4.69) is 19.2 Å². The predicted octanol–water partition coefficient (Wildman–Crippen LogP) is 2.99. The minimum atomic E-state index is 0.315. The molecule has 0 aliphatic carbocycles. The molecule has 0 aliphatic heterocycles. The summed E-state index contributed by atoms with van der Waals surface area (Å²) in [5.41, 5.74) is 1.08. The molecule has 0 aliphatic rings. The number of aromatic hydroxyl groups is 1. The van der Waals surface area contributed by atoms with Crippen molar-refractivity contribution in [3.63, 3.8) is 0 Å². The molecule has 2 nitrogen and oxygen atoms in total. The molecule has 72 valence electrons. The van der Waals surface area contributed by atoms with E-state index in [-0.39, 0.29) is 0 Å². The summed E-state index contributed by atoms with van der Waals surface area (Å²) in [6.45, 7) is 4.34. The van der Waals surface area contributed by atoms with Crippen LogP contribution in [0.2, 0.25) is 0 Å². The fraction of sp³-hybridized carbons (Fsp3) is 0.455. The van der Waals surface area contributed by atoms with Crippen LogP contribution >= 0.6 is 0 Å². The molecule has 0 amide bonds. The first kappa shape index (κ1) is 9.90. The van der Waals surface area contributed by atoms with Crippen molar-refractivity contribution in [3.05, 3.63) is 24.3 Å². The Balaban J connectivity index is 2.58. The minimum absolute atomic E-state index is 0.315. The van der Waals surface area contributed by atoms with Gasteiger partial charge in [-0.15, -0.1) is 0 Å². The largest absolute Gasteiger partial charge is 0.508 e. The Morgan fingerprint density at radius 2 is 1.69 bits per heavy atom. The molecule has 1 aromatic carbocycles. The van der Waals surface area contributed by atoms with Crippen LogP contribution in [0.3, 0.4) is 0 Å². The summed E-state index contributed by atoms with van der Waals surface area (Å²) in [5.74, 6) is 0.315. The Bertz CT molecular complexity index is 239. The van der Waals surface area contributed by atoms with Gasteiger partial charge in [0.05, 0.1) is 0 Å². The van der Waals surface area contributed by atoms with Crippen LogP contribution in [-0.2, 0) is 0 Å². The van der Waals surface area contributed by atoms with E-state index in [0.717, 1.165) is 18.5 Å². The lowest BCUT2D eigenvalue weighted by atomic mass is 10.1. The third-order valence-electron chi connectivity index (χ3n) is 2.22. The van der Waals surface area contributed by atoms with E-state index in [1.165, 1.54) is 0 Å². The zero-order valence-corrected chi connectivity index (χ0v) is 8.25. The third kappa shape index (κ3) is 2.98. The molecular weight excluding hydrogens is 162 g/mol. The highest BCUT2D eigenvalue weighted by atomic mass is 16.3. The minimum Gasteiger partial charge on any atom is -0.508 e. The van der Waals surface area contributed by atoms with Crippen molar-refractivity contribution >= 4 is 5.69 Å². The summed E-state index contributed by atoms with van der Waals surface area (Å²) in [7, 11) is 0. The van der Waals surface area contributed by atoms with Gasteiger partial charge in [0.15, 0.2) is 0 Å². The number of benzene rings is 1. The Morgan fingerprint density at radius 3 is 2.15 bits per heavy atom. The smallest absolute Gasteiger partial charge is 0.115 e. The van der Waals surface area contributed by atoms with E-state index in [4.69, 9.17) is 5.11 Å². The van der Waals surface area contributed by atoms with Gasteiger partial charge in [0.1, 0.15) is 5.75 Å². The zero-order chi connectivity index (χ0) is 9.68. The highest BCUT2D eigenvalue weighted by molar-refractivity contribution is 5.46. The van der Waals surface area contributed by atoms with Crippen molar-refractivity contribution in [1.29, 1.82) is 0 Å². The zero-order valence-electron chi connectivity index (χ0n) is 8.25. The lowest BCUT2D eigenvalue weighted by Crippen LogP contribution is -2.16. The van der Waals surface area contributed by atoms with E-state index in [9.17, 15) is 0 Å². The summed E-state index contributed by atoms with van der Waals surface area (Å²) < 4.78 is 0. The number of phenolic OH excluding ortho intramolecular Hbond substituents is 1. The first-order chi connectivity index (χ1) is 6.26. The number of phenols is 1. The molecular formula is C11H17NO. The third-order valence-corrected chi connectivity index (χ3v) is 2.22. The molecule has 0 spiro atoms. The van der Waals surface area contributed by atoms with Crippen LogP contribution < -0.4 is 5.32 Å². The van der Waals surface area contributed by atoms with Gasteiger partial charge in [-0.3, -0.25) is 0 Å². The fourth-order valence-corrected chi connectivity index (χ4v) is 1.29. The van der Waals surface area contributed by atoms with Crippen LogP contribution in [0.25, 0.3) is 0 Å². The highest BCUT2D eigenvalue weighted by Crippen LogP contribution is 2.15. The average molecular weight is 179 g/mol. The van der Waals surface area contributed by atoms with E-state index in [1.807, 2.05) is 12.1 Å². The molecule has 0 fully saturated rings. The van der Waals surface area contributed by atoms with E-state index in [1.54, 1.807) is 12.1 Å². The first-order valence-electron chi connectivity index (χ1n) is 4.81. The SMILES string of the molecule is CCC(CC)Nc1ccc(O)cc1. The first-order valence-corrected chi connectivity index (χ1v) is 4.81. The molecule has 13 heavy (non-hydrogen) atoms. The Labute approximate surface area is 79.6 Å². The summed E-state index contributed by atoms with van der Waals surface area (Å²) in [4.78, 5) is 0. The number of anilines is 1. The summed E-state index contributed by atoms with van der Waals surface area (Å²) in [6.07, 6.45) is 2.24. The Kier molecular flexibility index (Phi) is 3.62. The lowest BCUT2D eigenvalue weighted by molar-refractivity contribution is 0.475. The van der Waals surface area contributed by atoms with Gasteiger partial charge in [-0.05, 0) is 37.1 Å². The van der Waals surface area contributed by atoms with Crippen molar-refractivity contribution in [2.75, 3.05) is 5.32 Å². The van der Waals surface area contributed by atoms with Gasteiger partial charge in [0.2, 0.25) is 0 Å². The van der Waals surface area contributed by atoms with E-state index >= 15 is 0 Å². The van der Waals surface area contributed by atoms with E-state index in [0.29, 0.717) is 11.8 Å². The molecule has 0 unspecified atom stereocenters. The van der Waals surface area contributed by atoms with Gasteiger partial charge in [0, 0.05) is 11.7 Å². The van der Waals surface area contributed by atoms with Crippen LogP contribution in [-0.4, -0.2) is 11.1 Å². The van der Waals surface area contributed by atoms with Gasteiger partial charge < -0.3 is 10.4 Å². The Hall–Kier alpha value is -1.18. The number of rotatable bonds is 4. The summed E-state index contributed by atoms with van der Waals surface area (Å²) in [6, 6.07) is 7.72. The van der Waals surface area contributed by atoms with Gasteiger partial charge in [-0.2, -0.15) is 0 Å². The standard InChI is InChI=1S/C11H17NO/c1-3-9(4-2)12-10-5-7-11(13)8-6-10/h5-9,12-13H,3-4H2,1-2H3. The average Bonchev–Trinajstić information content (AvgIpc) is 2.17. The molecule has 0 atom stereocenters. The van der Waals surface area contributed by atoms with Gasteiger partial charge in [0.25, 0.3) is 0 Å². The quantitative estimate of drug-likeness (QED) is 0.696. The fourth-order valence-electron chi connectivity index (χ4n) is 1.29. The molecule has 0 bridgehead atoms. The van der Waals surface area contributed by atoms with Gasteiger partial charge in [-0.1, -0.05) is 13.8 Å². The summed E-state index contributed by atoms with van der Waals surface area (Å²) in [5, 5.41) is 12.5. The van der Waals surface area contributed by atoms with Crippen molar-refractivity contribution in [1.82, 2.24) is 0 Å². The van der Waals surface area contributed by atoms with Crippen LogP contribution in [0, 0.1) is 0 Å². The second-order valence-corrected chi connectivity index (χ2v) is 3.20. The lowest BCUT2D eigenvalue weighted by Gasteiger charge is -2.15. The maximum Gasteiger partial charge on any atom is 0.115 e. The molecule has 0 saturated carbocycles. The molecule has 2 N–H and O–H groups in total. The normalized spacial score (nSPS) is 10.4. The maximum atomic E-state index is 9.08. The van der Waals surface area contributed by atoms with Crippen LogP contribution in [0.5, 0.6) is 5.75 Å². The van der Waals surface area contributed by atoms with Gasteiger partial charge in [-0.25, -0.2) is 0 Å². The van der Waals surface area contributed by atoms with Crippen molar-refractivity contribution in [2.45, 2.75) is 32.7 Å². The van der Waals surface area contributed by atoms with Crippen LogP contribution in [0.1, 0.15) is 26.7 Å². The molecule has 1 rings (SSSR count). The second kappa shape index (κ2) is 4.75. The van der Waals surface area contributed by atoms with Crippen molar-refractivity contribution in [3.8, 4) is 5.75 Å². The number of hydrogen-bond acceptors (Lipinski definition) is 2. The molecule has 2 heteroatoms. The number of hydrogen-bond donors (Lipinski definition) is 2. The molecule has 0 aromatic heterocycles. The molecule has 0 saturated heterocycles. The maximum absolute atomic E-state index is 9.08. The van der Waals surface area contributed by atoms with Crippen LogP contribution in [0.4, 0.5) is 5.69 Å². The van der Waals surface area contributed by atoms with Crippen molar-refractivity contribution in [2.24, 2.45) is 0 Å². The van der Waals surface area contributed by atoms with Crippen molar-refractivity contribution < 1.29 is 5.11 Å². The Morgan fingerprint density at radius 1 is 1.15 bits per heavy atom. The topological polar surface area (TPSA) is 32.3 Å². The summed E-state index contributed by atoms with van der Waals surface area (Å²) >= 11 is 0. The van der Waals surface area contributed by atoms with E-state index < -0.39 is 0 Å². The predicted molar refractivity (Wildman–Crippen MR) is 56.1 cm³/mol. The van der Waals surface area contributed by atoms with Crippen LogP contribution in [0.15, 0.2) is 24.3 Å². The van der Waals surface area contributed by atoms with Gasteiger partial charge >= 0.3 is 0 Å². The number of nitrogens with one attached hydrogen (secondary N) is 1.